The van der Waals surface area contributed by atoms with Crippen molar-refractivity contribution in [3.05, 3.63) is 115 Å². The van der Waals surface area contributed by atoms with E-state index in [1.165, 1.54) is 0 Å². The summed E-state index contributed by atoms with van der Waals surface area (Å²) >= 11 is 0. The number of nitrogens with zero attached hydrogens (tertiary/aromatic N) is 3. The number of para-hydroxylation sites is 3. The number of hydrogen-bond donors (Lipinski definition) is 0. The fourth-order valence-electron chi connectivity index (χ4n) is 4.85. The summed E-state index contributed by atoms with van der Waals surface area (Å²) in [5.74, 6) is 0.306. The molecule has 188 valence electrons. The number of benzene rings is 3. The molecule has 0 saturated heterocycles. The van der Waals surface area contributed by atoms with Gasteiger partial charge in [-0.05, 0) is 48.4 Å². The molecule has 6 heteroatoms. The van der Waals surface area contributed by atoms with Crippen molar-refractivity contribution in [2.24, 2.45) is 0 Å². The number of unbranched alkanes of at least 4 members (excludes halogenated alkanes) is 1. The summed E-state index contributed by atoms with van der Waals surface area (Å²) in [6.07, 6.45) is 3.76. The Labute approximate surface area is 217 Å². The van der Waals surface area contributed by atoms with Gasteiger partial charge in [-0.1, -0.05) is 74.0 Å². The van der Waals surface area contributed by atoms with Crippen molar-refractivity contribution >= 4 is 17.5 Å². The van der Waals surface area contributed by atoms with Gasteiger partial charge >= 0.3 is 0 Å². The van der Waals surface area contributed by atoms with Gasteiger partial charge < -0.3 is 14.2 Å². The van der Waals surface area contributed by atoms with Gasteiger partial charge in [-0.2, -0.15) is 0 Å². The van der Waals surface area contributed by atoms with Crippen LogP contribution in [0.4, 0.5) is 5.69 Å². The van der Waals surface area contributed by atoms with Gasteiger partial charge in [0.15, 0.2) is 6.61 Å². The summed E-state index contributed by atoms with van der Waals surface area (Å²) in [5.41, 5.74) is 3.80. The quantitative estimate of drug-likeness (QED) is 0.304. The molecule has 0 bridgehead atoms. The Morgan fingerprint density at radius 3 is 2.24 bits per heavy atom. The van der Waals surface area contributed by atoms with E-state index >= 15 is 0 Å². The van der Waals surface area contributed by atoms with Crippen LogP contribution in [0.5, 0.6) is 5.75 Å². The minimum Gasteiger partial charge on any atom is -0.484 e. The fourth-order valence-corrected chi connectivity index (χ4v) is 4.85. The van der Waals surface area contributed by atoms with Crippen LogP contribution in [0.1, 0.15) is 37.1 Å². The van der Waals surface area contributed by atoms with Crippen molar-refractivity contribution < 1.29 is 14.3 Å². The predicted octanol–water partition coefficient (Wildman–Crippen LogP) is 5.62. The van der Waals surface area contributed by atoms with Crippen molar-refractivity contribution in [3.63, 3.8) is 0 Å². The van der Waals surface area contributed by atoms with E-state index in [9.17, 15) is 9.59 Å². The van der Waals surface area contributed by atoms with E-state index in [1.807, 2.05) is 102 Å². The highest BCUT2D eigenvalue weighted by molar-refractivity contribution is 6.00. The Morgan fingerprint density at radius 1 is 0.838 bits per heavy atom. The molecule has 5 rings (SSSR count). The maximum atomic E-state index is 14.1. The lowest BCUT2D eigenvalue weighted by Crippen LogP contribution is -2.47. The highest BCUT2D eigenvalue weighted by Crippen LogP contribution is 2.42. The zero-order chi connectivity index (χ0) is 25.6. The first kappa shape index (κ1) is 24.4. The van der Waals surface area contributed by atoms with Gasteiger partial charge in [0.05, 0.1) is 17.1 Å². The Balaban J connectivity index is 1.45. The summed E-state index contributed by atoms with van der Waals surface area (Å²) in [7, 11) is 0. The number of anilines is 1. The summed E-state index contributed by atoms with van der Waals surface area (Å²) in [5, 5.41) is 0. The minimum absolute atomic E-state index is 0.0185. The first-order valence-electron chi connectivity index (χ1n) is 12.8. The number of carbonyl (C=O) groups excluding carboxylic acids is 2. The SMILES string of the molecule is CCCCN(CC(=O)N1c2ccccc2-n2cccc2C1c1ccccc1)C(=O)COc1ccccc1. The molecule has 1 atom stereocenters. The number of amides is 2. The predicted molar refractivity (Wildman–Crippen MR) is 145 cm³/mol. The standard InChI is InChI=1S/C31H31N3O3/c1-2-3-20-32(30(36)23-37-25-15-8-5-9-16-25)22-29(35)34-27-18-11-10-17-26(27)33-21-12-19-28(33)31(34)24-13-6-4-7-14-24/h4-19,21,31H,2-3,20,22-23H2,1H3. The number of fused-ring (bicyclic) bond motifs is 3. The van der Waals surface area contributed by atoms with Crippen LogP contribution in [0.25, 0.3) is 5.69 Å². The second-order valence-corrected chi connectivity index (χ2v) is 9.14. The molecule has 0 radical (unpaired) electrons. The molecular weight excluding hydrogens is 462 g/mol. The van der Waals surface area contributed by atoms with Crippen LogP contribution in [-0.2, 0) is 9.59 Å². The molecule has 37 heavy (non-hydrogen) atoms. The average Bonchev–Trinajstić information content (AvgIpc) is 3.44. The van der Waals surface area contributed by atoms with Crippen LogP contribution in [0.15, 0.2) is 103 Å². The third kappa shape index (κ3) is 5.14. The summed E-state index contributed by atoms with van der Waals surface area (Å²) in [6, 6.07) is 31.0. The van der Waals surface area contributed by atoms with Crippen LogP contribution in [0.2, 0.25) is 0 Å². The molecule has 1 aromatic heterocycles. The Bertz CT molecular complexity index is 1350. The lowest BCUT2D eigenvalue weighted by molar-refractivity contribution is -0.137. The maximum absolute atomic E-state index is 14.1. The Kier molecular flexibility index (Phi) is 7.36. The topological polar surface area (TPSA) is 54.8 Å². The van der Waals surface area contributed by atoms with Crippen LogP contribution < -0.4 is 9.64 Å². The van der Waals surface area contributed by atoms with Crippen LogP contribution in [0.3, 0.4) is 0 Å². The van der Waals surface area contributed by atoms with Gasteiger partial charge in [0, 0.05) is 12.7 Å². The third-order valence-corrected chi connectivity index (χ3v) is 6.67. The lowest BCUT2D eigenvalue weighted by Gasteiger charge is -2.39. The number of ether oxygens (including phenoxy) is 1. The molecule has 0 spiro atoms. The molecule has 2 heterocycles. The van der Waals surface area contributed by atoms with Gasteiger partial charge in [-0.25, -0.2) is 0 Å². The van der Waals surface area contributed by atoms with Crippen LogP contribution >= 0.6 is 0 Å². The van der Waals surface area contributed by atoms with Crippen molar-refractivity contribution in [3.8, 4) is 11.4 Å². The first-order chi connectivity index (χ1) is 18.2. The third-order valence-electron chi connectivity index (χ3n) is 6.67. The van der Waals surface area contributed by atoms with Gasteiger partial charge in [-0.15, -0.1) is 0 Å². The summed E-state index contributed by atoms with van der Waals surface area (Å²) in [4.78, 5) is 30.8. The molecule has 3 aromatic carbocycles. The van der Waals surface area contributed by atoms with Crippen molar-refractivity contribution in [2.45, 2.75) is 25.8 Å². The Morgan fingerprint density at radius 2 is 1.51 bits per heavy atom. The molecule has 1 unspecified atom stereocenters. The smallest absolute Gasteiger partial charge is 0.260 e. The molecule has 0 saturated carbocycles. The van der Waals surface area contributed by atoms with E-state index in [-0.39, 0.29) is 31.0 Å². The zero-order valence-electron chi connectivity index (χ0n) is 21.0. The van der Waals surface area contributed by atoms with E-state index in [4.69, 9.17) is 4.74 Å². The Hall–Kier alpha value is -4.32. The second kappa shape index (κ2) is 11.2. The van der Waals surface area contributed by atoms with E-state index in [2.05, 4.69) is 17.6 Å². The first-order valence-corrected chi connectivity index (χ1v) is 12.8. The minimum atomic E-state index is -0.303. The molecule has 1 aliphatic heterocycles. The number of aromatic nitrogens is 1. The fraction of sp³-hybridized carbons (Fsp3) is 0.226. The van der Waals surface area contributed by atoms with Gasteiger partial charge in [0.25, 0.3) is 5.91 Å². The van der Waals surface area contributed by atoms with E-state index in [1.54, 1.807) is 4.90 Å². The van der Waals surface area contributed by atoms with E-state index in [0.717, 1.165) is 35.5 Å². The highest BCUT2D eigenvalue weighted by Gasteiger charge is 2.36. The number of carbonyl (C=O) groups is 2. The van der Waals surface area contributed by atoms with Gasteiger partial charge in [-0.3, -0.25) is 14.5 Å². The number of rotatable bonds is 9. The van der Waals surface area contributed by atoms with Crippen molar-refractivity contribution in [1.82, 2.24) is 9.47 Å². The molecule has 0 fully saturated rings. The number of hydrogen-bond acceptors (Lipinski definition) is 3. The van der Waals surface area contributed by atoms with Crippen LogP contribution in [-0.4, -0.2) is 41.0 Å². The largest absolute Gasteiger partial charge is 0.484 e. The normalized spacial score (nSPS) is 14.0. The highest BCUT2D eigenvalue weighted by atomic mass is 16.5. The van der Waals surface area contributed by atoms with Gasteiger partial charge in [0.2, 0.25) is 5.91 Å². The molecule has 0 N–H and O–H groups in total. The monoisotopic (exact) mass is 493 g/mol. The molecule has 6 nitrogen and oxygen atoms in total. The summed E-state index contributed by atoms with van der Waals surface area (Å²) in [6.45, 7) is 2.45. The van der Waals surface area contributed by atoms with Crippen molar-refractivity contribution in [1.29, 1.82) is 0 Å². The molecule has 1 aliphatic rings. The maximum Gasteiger partial charge on any atom is 0.260 e. The second-order valence-electron chi connectivity index (χ2n) is 9.14. The molecule has 0 aliphatic carbocycles. The van der Waals surface area contributed by atoms with Gasteiger partial charge in [0.1, 0.15) is 18.3 Å². The van der Waals surface area contributed by atoms with Crippen LogP contribution in [0, 0.1) is 0 Å². The lowest BCUT2D eigenvalue weighted by atomic mass is 9.97. The van der Waals surface area contributed by atoms with E-state index < -0.39 is 0 Å². The molecule has 4 aromatic rings. The zero-order valence-corrected chi connectivity index (χ0v) is 21.0. The molecular formula is C31H31N3O3. The van der Waals surface area contributed by atoms with E-state index in [0.29, 0.717) is 12.3 Å². The van der Waals surface area contributed by atoms with Crippen molar-refractivity contribution in [2.75, 3.05) is 24.6 Å². The average molecular weight is 494 g/mol. The molecule has 2 amide bonds. The summed E-state index contributed by atoms with van der Waals surface area (Å²) < 4.78 is 7.86.